The van der Waals surface area contributed by atoms with E-state index in [9.17, 15) is 9.59 Å². The molecule has 0 radical (unpaired) electrons. The van der Waals surface area contributed by atoms with Gasteiger partial charge in [-0.1, -0.05) is 51.4 Å². The topological polar surface area (TPSA) is 71.2 Å². The van der Waals surface area contributed by atoms with Crippen molar-refractivity contribution in [2.45, 2.75) is 120 Å². The van der Waals surface area contributed by atoms with Gasteiger partial charge in [-0.25, -0.2) is 9.59 Å². The number of urea groups is 2. The first-order valence-corrected chi connectivity index (χ1v) is 17.4. The quantitative estimate of drug-likeness (QED) is 0.312. The van der Waals surface area contributed by atoms with Crippen LogP contribution in [0.4, 0.5) is 32.3 Å². The van der Waals surface area contributed by atoms with E-state index in [2.05, 4.69) is 37.2 Å². The molecule has 5 rings (SSSR count). The molecule has 2 atom stereocenters. The average molecular weight is 617 g/mol. The number of benzene rings is 2. The molecule has 0 bridgehead atoms. The summed E-state index contributed by atoms with van der Waals surface area (Å²) in [5, 5.41) is 6.58. The van der Waals surface area contributed by atoms with Crippen molar-refractivity contribution in [3.05, 3.63) is 48.5 Å². The molecule has 0 saturated heterocycles. The molecule has 3 aliphatic rings. The number of carbonyl (C=O) groups excluding carboxylic acids is 2. The largest absolute Gasteiger partial charge is 0.378 e. The fourth-order valence-corrected chi connectivity index (χ4v) is 8.15. The van der Waals surface area contributed by atoms with Gasteiger partial charge in [-0.05, 0) is 94.0 Å². The molecule has 2 aromatic carbocycles. The van der Waals surface area contributed by atoms with Gasteiger partial charge >= 0.3 is 12.1 Å². The van der Waals surface area contributed by atoms with Gasteiger partial charge in [0.05, 0.1) is 11.6 Å². The summed E-state index contributed by atoms with van der Waals surface area (Å²) >= 11 is 0. The van der Waals surface area contributed by atoms with Gasteiger partial charge in [-0.15, -0.1) is 0 Å². The first kappa shape index (κ1) is 33.0. The first-order valence-electron chi connectivity index (χ1n) is 17.4. The Bertz CT molecular complexity index is 1250. The smallest absolute Gasteiger partial charge is 0.322 e. The summed E-state index contributed by atoms with van der Waals surface area (Å²) in [4.78, 5) is 37.5. The molecule has 0 heterocycles. The van der Waals surface area contributed by atoms with E-state index in [1.54, 1.807) is 0 Å². The third kappa shape index (κ3) is 7.70. The van der Waals surface area contributed by atoms with Crippen molar-refractivity contribution in [1.29, 1.82) is 0 Å². The van der Waals surface area contributed by atoms with E-state index in [0.29, 0.717) is 0 Å². The van der Waals surface area contributed by atoms with Crippen molar-refractivity contribution in [2.24, 2.45) is 0 Å². The van der Waals surface area contributed by atoms with Gasteiger partial charge in [0.15, 0.2) is 0 Å². The van der Waals surface area contributed by atoms with Gasteiger partial charge in [0.2, 0.25) is 0 Å². The summed E-state index contributed by atoms with van der Waals surface area (Å²) in [6.07, 6.45) is 15.0. The van der Waals surface area contributed by atoms with Gasteiger partial charge in [0.25, 0.3) is 0 Å². The number of carbonyl (C=O) groups is 2. The standard InChI is InChI=1S/C37H56N6O2/c1-37(43(33-16-10-7-11-17-33)36(45)39-29-21-25-31(26-22-29)41(4)5)27-13-12-18-34(37)42(32-14-8-6-9-15-32)35(44)38-28-19-23-30(24-20-28)40(2)3/h19-26,32-34H,6-18,27H2,1-5H3,(H,38,44)(H,39,45). The van der Waals surface area contributed by atoms with E-state index in [0.717, 1.165) is 99.8 Å². The van der Waals surface area contributed by atoms with Crippen molar-refractivity contribution in [1.82, 2.24) is 9.80 Å². The van der Waals surface area contributed by atoms with Crippen molar-refractivity contribution in [3.63, 3.8) is 0 Å². The minimum absolute atomic E-state index is 0.0269. The lowest BCUT2D eigenvalue weighted by Gasteiger charge is -2.56. The van der Waals surface area contributed by atoms with Crippen LogP contribution in [0.15, 0.2) is 48.5 Å². The molecule has 2 N–H and O–H groups in total. The second-order valence-electron chi connectivity index (χ2n) is 14.2. The van der Waals surface area contributed by atoms with Crippen LogP contribution in [0.3, 0.4) is 0 Å². The zero-order valence-electron chi connectivity index (χ0n) is 28.4. The van der Waals surface area contributed by atoms with Crippen LogP contribution in [-0.2, 0) is 0 Å². The SMILES string of the molecule is CN(C)c1ccc(NC(=O)N(C2CCCCC2)C2CCCCC2(C)N(C(=O)Nc2ccc(N(C)C)cc2)C2CCCCC2)cc1. The third-order valence-corrected chi connectivity index (χ3v) is 10.6. The van der Waals surface area contributed by atoms with Crippen molar-refractivity contribution >= 4 is 34.8 Å². The number of nitrogens with zero attached hydrogens (tertiary/aromatic N) is 4. The van der Waals surface area contributed by atoms with Crippen LogP contribution < -0.4 is 20.4 Å². The Kier molecular flexibility index (Phi) is 10.8. The van der Waals surface area contributed by atoms with Crippen LogP contribution in [0.25, 0.3) is 0 Å². The Morgan fingerprint density at radius 1 is 0.600 bits per heavy atom. The highest BCUT2D eigenvalue weighted by Crippen LogP contribution is 2.43. The van der Waals surface area contributed by atoms with Crippen LogP contribution in [0, 0.1) is 0 Å². The molecular weight excluding hydrogens is 560 g/mol. The van der Waals surface area contributed by atoms with E-state index >= 15 is 0 Å². The van der Waals surface area contributed by atoms with E-state index in [4.69, 9.17) is 0 Å². The molecule has 2 aromatic rings. The van der Waals surface area contributed by atoms with Crippen LogP contribution in [-0.4, -0.2) is 73.7 Å². The minimum Gasteiger partial charge on any atom is -0.378 e. The maximum atomic E-state index is 14.5. The number of amides is 4. The normalized spacial score (nSPS) is 22.7. The Hall–Kier alpha value is -3.42. The van der Waals surface area contributed by atoms with Crippen molar-refractivity contribution in [2.75, 3.05) is 48.6 Å². The number of hydrogen-bond acceptors (Lipinski definition) is 4. The highest BCUT2D eigenvalue weighted by molar-refractivity contribution is 5.92. The molecule has 0 aliphatic heterocycles. The molecule has 8 nitrogen and oxygen atoms in total. The van der Waals surface area contributed by atoms with E-state index in [1.165, 1.54) is 12.8 Å². The lowest BCUT2D eigenvalue weighted by Crippen LogP contribution is -2.69. The fourth-order valence-electron chi connectivity index (χ4n) is 8.15. The summed E-state index contributed by atoms with van der Waals surface area (Å²) < 4.78 is 0. The van der Waals surface area contributed by atoms with E-state index in [-0.39, 0.29) is 30.2 Å². The van der Waals surface area contributed by atoms with Crippen molar-refractivity contribution in [3.8, 4) is 0 Å². The highest BCUT2D eigenvalue weighted by atomic mass is 16.2. The lowest BCUT2D eigenvalue weighted by atomic mass is 9.74. The molecule has 2 unspecified atom stereocenters. The Balaban J connectivity index is 1.47. The number of hydrogen-bond donors (Lipinski definition) is 2. The summed E-state index contributed by atoms with van der Waals surface area (Å²) in [7, 11) is 8.09. The summed E-state index contributed by atoms with van der Waals surface area (Å²) in [5.41, 5.74) is 3.35. The fraction of sp³-hybridized carbons (Fsp3) is 0.622. The molecule has 4 amide bonds. The van der Waals surface area contributed by atoms with Crippen LogP contribution in [0.2, 0.25) is 0 Å². The van der Waals surface area contributed by atoms with Crippen LogP contribution in [0.1, 0.15) is 96.8 Å². The molecule has 45 heavy (non-hydrogen) atoms. The molecule has 0 spiro atoms. The summed E-state index contributed by atoms with van der Waals surface area (Å²) in [5.74, 6) is 0. The van der Waals surface area contributed by atoms with E-state index < -0.39 is 5.54 Å². The minimum atomic E-state index is -0.475. The zero-order chi connectivity index (χ0) is 32.0. The number of nitrogens with one attached hydrogen (secondary N) is 2. The molecule has 246 valence electrons. The van der Waals surface area contributed by atoms with E-state index in [1.807, 2.05) is 76.7 Å². The molecule has 3 fully saturated rings. The van der Waals surface area contributed by atoms with Crippen LogP contribution >= 0.6 is 0 Å². The van der Waals surface area contributed by atoms with Gasteiger partial charge in [-0.2, -0.15) is 0 Å². The summed E-state index contributed by atoms with van der Waals surface area (Å²) in [6.45, 7) is 2.29. The predicted octanol–water partition coefficient (Wildman–Crippen LogP) is 8.55. The molecule has 8 heteroatoms. The summed E-state index contributed by atoms with van der Waals surface area (Å²) in [6, 6.07) is 16.4. The molecule has 0 aromatic heterocycles. The maximum absolute atomic E-state index is 14.5. The average Bonchev–Trinajstić information content (AvgIpc) is 3.04. The third-order valence-electron chi connectivity index (χ3n) is 10.6. The van der Waals surface area contributed by atoms with Gasteiger partial charge < -0.3 is 30.2 Å². The molecule has 3 saturated carbocycles. The predicted molar refractivity (Wildman–Crippen MR) is 188 cm³/mol. The van der Waals surface area contributed by atoms with Crippen LogP contribution in [0.5, 0.6) is 0 Å². The second-order valence-corrected chi connectivity index (χ2v) is 14.2. The Labute approximate surface area is 271 Å². The maximum Gasteiger partial charge on any atom is 0.322 e. The van der Waals surface area contributed by atoms with Gasteiger partial charge in [-0.3, -0.25) is 0 Å². The Morgan fingerprint density at radius 2 is 1.04 bits per heavy atom. The van der Waals surface area contributed by atoms with Gasteiger partial charge in [0, 0.05) is 63.0 Å². The first-order chi connectivity index (χ1) is 21.7. The number of rotatable bonds is 8. The Morgan fingerprint density at radius 3 is 1.53 bits per heavy atom. The van der Waals surface area contributed by atoms with Crippen molar-refractivity contribution < 1.29 is 9.59 Å². The lowest BCUT2D eigenvalue weighted by molar-refractivity contribution is -0.0226. The zero-order valence-corrected chi connectivity index (χ0v) is 28.4. The number of anilines is 4. The second kappa shape index (κ2) is 14.8. The molecular formula is C37H56N6O2. The highest BCUT2D eigenvalue weighted by Gasteiger charge is 2.51. The van der Waals surface area contributed by atoms with Gasteiger partial charge in [0.1, 0.15) is 0 Å². The molecule has 3 aliphatic carbocycles. The monoisotopic (exact) mass is 616 g/mol.